The molecule has 1 aromatic carbocycles. The summed E-state index contributed by atoms with van der Waals surface area (Å²) in [7, 11) is 0. The Balaban J connectivity index is 1.94. The molecule has 2 heterocycles. The van der Waals surface area contributed by atoms with Gasteiger partial charge in [-0.25, -0.2) is 9.50 Å². The lowest BCUT2D eigenvalue weighted by Gasteiger charge is -1.93. The van der Waals surface area contributed by atoms with Crippen LogP contribution < -0.4 is 0 Å². The van der Waals surface area contributed by atoms with Gasteiger partial charge in [-0.05, 0) is 36.4 Å². The molecule has 3 aromatic rings. The minimum Gasteiger partial charge on any atom is -0.220 e. The van der Waals surface area contributed by atoms with Crippen molar-refractivity contribution in [2.75, 3.05) is 0 Å². The first-order chi connectivity index (χ1) is 8.81. The van der Waals surface area contributed by atoms with Gasteiger partial charge >= 0.3 is 0 Å². The van der Waals surface area contributed by atoms with Gasteiger partial charge in [0, 0.05) is 22.3 Å². The highest BCUT2D eigenvalue weighted by molar-refractivity contribution is 6.30. The summed E-state index contributed by atoms with van der Waals surface area (Å²) >= 11 is 5.81. The number of halogens is 1. The van der Waals surface area contributed by atoms with E-state index in [0.717, 1.165) is 16.8 Å². The molecule has 0 aliphatic heterocycles. The Morgan fingerprint density at radius 3 is 2.50 bits per heavy atom. The van der Waals surface area contributed by atoms with Gasteiger partial charge in [-0.1, -0.05) is 23.4 Å². The third kappa shape index (κ3) is 2.20. The first-order valence-electron chi connectivity index (χ1n) is 5.38. The Labute approximate surface area is 109 Å². The molecule has 0 saturated heterocycles. The molecule has 0 atom stereocenters. The van der Waals surface area contributed by atoms with Gasteiger partial charge in [0.1, 0.15) is 6.33 Å². The molecule has 3 nitrogen and oxygen atoms in total. The summed E-state index contributed by atoms with van der Waals surface area (Å²) in [5, 5.41) is 4.78. The van der Waals surface area contributed by atoms with Crippen LogP contribution in [-0.4, -0.2) is 14.6 Å². The molecule has 0 bridgehead atoms. The van der Waals surface area contributed by atoms with Crippen molar-refractivity contribution >= 4 is 17.2 Å². The van der Waals surface area contributed by atoms with Crippen molar-refractivity contribution in [3.63, 3.8) is 0 Å². The summed E-state index contributed by atoms with van der Waals surface area (Å²) in [6.07, 6.45) is 3.37. The van der Waals surface area contributed by atoms with Gasteiger partial charge in [0.15, 0.2) is 5.65 Å². The van der Waals surface area contributed by atoms with Crippen LogP contribution in [-0.2, 0) is 0 Å². The largest absolute Gasteiger partial charge is 0.220 e. The number of hydrogen-bond donors (Lipinski definition) is 0. The van der Waals surface area contributed by atoms with Crippen molar-refractivity contribution in [1.29, 1.82) is 0 Å². The Kier molecular flexibility index (Phi) is 2.71. The summed E-state index contributed by atoms with van der Waals surface area (Å²) in [6.45, 7) is 0. The number of fused-ring (bicyclic) bond motifs is 1. The summed E-state index contributed by atoms with van der Waals surface area (Å²) in [4.78, 5) is 4.08. The lowest BCUT2D eigenvalue weighted by atomic mass is 10.2. The topological polar surface area (TPSA) is 30.2 Å². The molecule has 18 heavy (non-hydrogen) atoms. The molecule has 86 valence electrons. The van der Waals surface area contributed by atoms with E-state index >= 15 is 0 Å². The second-order valence-electron chi connectivity index (χ2n) is 3.74. The van der Waals surface area contributed by atoms with E-state index in [0.29, 0.717) is 5.02 Å². The summed E-state index contributed by atoms with van der Waals surface area (Å²) in [5.74, 6) is 6.16. The van der Waals surface area contributed by atoms with Crippen molar-refractivity contribution in [3.8, 4) is 11.8 Å². The minimum atomic E-state index is 0.713. The van der Waals surface area contributed by atoms with E-state index in [1.807, 2.05) is 42.6 Å². The van der Waals surface area contributed by atoms with Crippen molar-refractivity contribution < 1.29 is 0 Å². The fourth-order valence-corrected chi connectivity index (χ4v) is 1.69. The quantitative estimate of drug-likeness (QED) is 0.577. The molecule has 4 heteroatoms. The molecule has 3 rings (SSSR count). The number of nitrogens with zero attached hydrogens (tertiary/aromatic N) is 3. The zero-order valence-electron chi connectivity index (χ0n) is 9.34. The van der Waals surface area contributed by atoms with Gasteiger partial charge in [0.2, 0.25) is 0 Å². The van der Waals surface area contributed by atoms with Crippen LogP contribution in [0.1, 0.15) is 11.1 Å². The number of pyridine rings is 1. The van der Waals surface area contributed by atoms with E-state index < -0.39 is 0 Å². The second-order valence-corrected chi connectivity index (χ2v) is 4.17. The normalized spacial score (nSPS) is 10.1. The van der Waals surface area contributed by atoms with Crippen molar-refractivity contribution in [2.24, 2.45) is 0 Å². The lowest BCUT2D eigenvalue weighted by molar-refractivity contribution is 0.958. The van der Waals surface area contributed by atoms with E-state index in [-0.39, 0.29) is 0 Å². The lowest BCUT2D eigenvalue weighted by Crippen LogP contribution is -1.88. The SMILES string of the molecule is Clc1ccc(C#Cc2ccc3ncnn3c2)cc1. The van der Waals surface area contributed by atoms with Crippen LogP contribution in [0.5, 0.6) is 0 Å². The average molecular weight is 254 g/mol. The number of rotatable bonds is 0. The Bertz CT molecular complexity index is 748. The molecule has 0 fully saturated rings. The van der Waals surface area contributed by atoms with Crippen LogP contribution in [0, 0.1) is 11.8 Å². The third-order valence-electron chi connectivity index (χ3n) is 2.47. The maximum atomic E-state index is 5.81. The van der Waals surface area contributed by atoms with Gasteiger partial charge < -0.3 is 0 Å². The smallest absolute Gasteiger partial charge is 0.155 e. The van der Waals surface area contributed by atoms with Gasteiger partial charge in [-0.2, -0.15) is 5.10 Å². The van der Waals surface area contributed by atoms with Crippen molar-refractivity contribution in [1.82, 2.24) is 14.6 Å². The Hall–Kier alpha value is -2.31. The summed E-state index contributed by atoms with van der Waals surface area (Å²) in [5.41, 5.74) is 2.63. The first kappa shape index (κ1) is 10.8. The minimum absolute atomic E-state index is 0.713. The van der Waals surface area contributed by atoms with Crippen LogP contribution in [0.3, 0.4) is 0 Å². The predicted molar refractivity (Wildman–Crippen MR) is 70.4 cm³/mol. The zero-order chi connectivity index (χ0) is 12.4. The van der Waals surface area contributed by atoms with E-state index in [2.05, 4.69) is 21.9 Å². The molecule has 2 aromatic heterocycles. The summed E-state index contributed by atoms with van der Waals surface area (Å²) in [6, 6.07) is 11.2. The molecule has 0 amide bonds. The first-order valence-corrected chi connectivity index (χ1v) is 5.76. The zero-order valence-corrected chi connectivity index (χ0v) is 10.1. The predicted octanol–water partition coefficient (Wildman–Crippen LogP) is 2.78. The molecular weight excluding hydrogens is 246 g/mol. The Morgan fingerprint density at radius 2 is 1.67 bits per heavy atom. The van der Waals surface area contributed by atoms with Crippen LogP contribution in [0.25, 0.3) is 5.65 Å². The van der Waals surface area contributed by atoms with E-state index in [9.17, 15) is 0 Å². The number of aromatic nitrogens is 3. The fraction of sp³-hybridized carbons (Fsp3) is 0. The molecular formula is C14H8ClN3. The van der Waals surface area contributed by atoms with E-state index in [4.69, 9.17) is 11.6 Å². The average Bonchev–Trinajstić information content (AvgIpc) is 2.85. The molecule has 0 aliphatic rings. The van der Waals surface area contributed by atoms with E-state index in [1.165, 1.54) is 6.33 Å². The standard InChI is InChI=1S/C14H8ClN3/c15-13-6-3-11(4-7-13)1-2-12-5-8-14-16-10-17-18(14)9-12/h3-10H. The molecule has 0 N–H and O–H groups in total. The highest BCUT2D eigenvalue weighted by Gasteiger charge is 1.94. The third-order valence-corrected chi connectivity index (χ3v) is 2.72. The maximum absolute atomic E-state index is 5.81. The van der Waals surface area contributed by atoms with Crippen molar-refractivity contribution in [2.45, 2.75) is 0 Å². The van der Waals surface area contributed by atoms with Gasteiger partial charge in [0.25, 0.3) is 0 Å². The Morgan fingerprint density at radius 1 is 0.944 bits per heavy atom. The van der Waals surface area contributed by atoms with E-state index in [1.54, 1.807) is 4.52 Å². The maximum Gasteiger partial charge on any atom is 0.155 e. The van der Waals surface area contributed by atoms with Crippen LogP contribution in [0.2, 0.25) is 5.02 Å². The highest BCUT2D eigenvalue weighted by atomic mass is 35.5. The van der Waals surface area contributed by atoms with Crippen LogP contribution in [0.4, 0.5) is 0 Å². The monoisotopic (exact) mass is 253 g/mol. The second kappa shape index (κ2) is 4.52. The number of hydrogen-bond acceptors (Lipinski definition) is 2. The van der Waals surface area contributed by atoms with Gasteiger partial charge in [-0.3, -0.25) is 0 Å². The van der Waals surface area contributed by atoms with Crippen molar-refractivity contribution in [3.05, 3.63) is 65.1 Å². The molecule has 0 saturated carbocycles. The fourth-order valence-electron chi connectivity index (χ4n) is 1.57. The van der Waals surface area contributed by atoms with Gasteiger partial charge in [-0.15, -0.1) is 0 Å². The van der Waals surface area contributed by atoms with Gasteiger partial charge in [0.05, 0.1) is 0 Å². The van der Waals surface area contributed by atoms with Crippen LogP contribution in [0.15, 0.2) is 48.9 Å². The molecule has 0 spiro atoms. The molecule has 0 aliphatic carbocycles. The summed E-state index contributed by atoms with van der Waals surface area (Å²) < 4.78 is 1.70. The number of benzene rings is 1. The van der Waals surface area contributed by atoms with Crippen LogP contribution >= 0.6 is 11.6 Å². The molecule has 0 radical (unpaired) electrons. The highest BCUT2D eigenvalue weighted by Crippen LogP contribution is 2.08. The molecule has 0 unspecified atom stereocenters.